The van der Waals surface area contributed by atoms with E-state index in [1.165, 1.54) is 193 Å². The van der Waals surface area contributed by atoms with E-state index in [2.05, 4.69) is 62.5 Å². The van der Waals surface area contributed by atoms with Crippen LogP contribution in [0, 0.1) is 0 Å². The fourth-order valence-corrected chi connectivity index (χ4v) is 8.73. The second-order valence-electron chi connectivity index (χ2n) is 19.7. The third kappa shape index (κ3) is 39.8. The molecule has 0 radical (unpaired) electrons. The molecule has 0 aliphatic carbocycles. The Morgan fingerprint density at radius 3 is 1.29 bits per heavy atom. The van der Waals surface area contributed by atoms with Crippen LogP contribution < -0.4 is 0 Å². The monoisotopic (exact) mass is 961 g/mol. The summed E-state index contributed by atoms with van der Waals surface area (Å²) in [7, 11) is 0. The van der Waals surface area contributed by atoms with Gasteiger partial charge in [-0.1, -0.05) is 223 Å². The van der Waals surface area contributed by atoms with Gasteiger partial charge in [0.25, 0.3) is 0 Å². The SMILES string of the molecule is CCCCC/C=C\C/C=C\CCCCCCCCCCCC(=O)OC(COCCCCCCCCCCCCCCCC/C=C\C/C=C\CCCCCCC)COC1OC(CO)C(O)C(O)C1O. The minimum atomic E-state index is -1.54. The highest BCUT2D eigenvalue weighted by atomic mass is 16.7. The van der Waals surface area contributed by atoms with Gasteiger partial charge in [-0.15, -0.1) is 0 Å². The molecule has 1 aliphatic heterocycles. The minimum Gasteiger partial charge on any atom is -0.457 e. The fourth-order valence-electron chi connectivity index (χ4n) is 8.73. The number of unbranched alkanes of at least 4 members (excludes halogenated alkanes) is 31. The molecule has 1 rings (SSSR count). The number of rotatable bonds is 50. The maximum Gasteiger partial charge on any atom is 0.306 e. The van der Waals surface area contributed by atoms with Gasteiger partial charge in [0.1, 0.15) is 30.5 Å². The van der Waals surface area contributed by atoms with E-state index >= 15 is 0 Å². The number of hydrogen-bond donors (Lipinski definition) is 4. The lowest BCUT2D eigenvalue weighted by atomic mass is 9.99. The Balaban J connectivity index is 2.14. The summed E-state index contributed by atoms with van der Waals surface area (Å²) in [6.45, 7) is 4.55. The van der Waals surface area contributed by atoms with E-state index in [-0.39, 0.29) is 19.2 Å². The summed E-state index contributed by atoms with van der Waals surface area (Å²) in [5, 5.41) is 40.3. The second-order valence-corrected chi connectivity index (χ2v) is 19.7. The molecule has 0 spiro atoms. The summed E-state index contributed by atoms with van der Waals surface area (Å²) in [4.78, 5) is 12.9. The van der Waals surface area contributed by atoms with E-state index in [0.717, 1.165) is 44.9 Å². The van der Waals surface area contributed by atoms with Gasteiger partial charge in [0.2, 0.25) is 0 Å². The molecule has 0 saturated carbocycles. The quantitative estimate of drug-likeness (QED) is 0.0267. The van der Waals surface area contributed by atoms with Gasteiger partial charge in [0.05, 0.1) is 19.8 Å². The van der Waals surface area contributed by atoms with Gasteiger partial charge in [-0.2, -0.15) is 0 Å². The molecule has 1 saturated heterocycles. The molecule has 68 heavy (non-hydrogen) atoms. The molecule has 9 nitrogen and oxygen atoms in total. The first kappa shape index (κ1) is 64.2. The van der Waals surface area contributed by atoms with E-state index in [1.807, 2.05) is 0 Å². The summed E-state index contributed by atoms with van der Waals surface area (Å²) in [5.41, 5.74) is 0. The van der Waals surface area contributed by atoms with Crippen molar-refractivity contribution in [1.82, 2.24) is 0 Å². The van der Waals surface area contributed by atoms with E-state index in [4.69, 9.17) is 18.9 Å². The molecule has 6 unspecified atom stereocenters. The number of esters is 1. The lowest BCUT2D eigenvalue weighted by molar-refractivity contribution is -0.305. The average Bonchev–Trinajstić information content (AvgIpc) is 3.34. The van der Waals surface area contributed by atoms with Gasteiger partial charge in [-0.25, -0.2) is 0 Å². The lowest BCUT2D eigenvalue weighted by Crippen LogP contribution is -2.59. The van der Waals surface area contributed by atoms with Gasteiger partial charge in [0, 0.05) is 13.0 Å². The predicted octanol–water partition coefficient (Wildman–Crippen LogP) is 14.8. The average molecular weight is 962 g/mol. The Hall–Kier alpha value is -1.85. The topological polar surface area (TPSA) is 135 Å². The second kappa shape index (κ2) is 50.1. The number of carbonyl (C=O) groups is 1. The molecular weight excluding hydrogens is 853 g/mol. The van der Waals surface area contributed by atoms with Gasteiger partial charge in [0.15, 0.2) is 6.29 Å². The van der Waals surface area contributed by atoms with Crippen molar-refractivity contribution in [3.05, 3.63) is 48.6 Å². The molecule has 0 aromatic carbocycles. The predicted molar refractivity (Wildman–Crippen MR) is 284 cm³/mol. The van der Waals surface area contributed by atoms with Gasteiger partial charge in [-0.05, 0) is 77.0 Å². The summed E-state index contributed by atoms with van der Waals surface area (Å²) in [6, 6.07) is 0. The maximum absolute atomic E-state index is 12.9. The van der Waals surface area contributed by atoms with Crippen LogP contribution in [0.4, 0.5) is 0 Å². The summed E-state index contributed by atoms with van der Waals surface area (Å²) in [6.07, 6.45) is 57.3. The van der Waals surface area contributed by atoms with Crippen LogP contribution in [0.15, 0.2) is 48.6 Å². The number of hydrogen-bond acceptors (Lipinski definition) is 9. The maximum atomic E-state index is 12.9. The molecule has 9 heteroatoms. The van der Waals surface area contributed by atoms with Crippen LogP contribution in [0.1, 0.15) is 258 Å². The van der Waals surface area contributed by atoms with Crippen molar-refractivity contribution in [2.75, 3.05) is 26.4 Å². The van der Waals surface area contributed by atoms with Crippen LogP contribution in [0.5, 0.6) is 0 Å². The van der Waals surface area contributed by atoms with Crippen LogP contribution in [0.3, 0.4) is 0 Å². The molecular formula is C59H108O9. The lowest BCUT2D eigenvalue weighted by Gasteiger charge is -2.39. The Kier molecular flexibility index (Phi) is 47.3. The molecule has 1 fully saturated rings. The standard InChI is InChI=1S/C59H108O9/c1-3-5-7-9-11-13-15-17-19-21-23-24-25-26-27-28-29-31-33-35-37-39-41-43-45-47-49-65-51-53(52-66-59-58(64)57(63)56(62)54(50-60)68-59)67-55(61)48-46-44-42-40-38-36-34-32-30-22-20-18-16-14-12-10-8-6-4-2/h12,14-15,17-18,20-21,23,53-54,56-60,62-64H,3-11,13,16,19,22,24-52H2,1-2H3/b14-12-,17-15-,20-18-,23-21-. The van der Waals surface area contributed by atoms with E-state index in [9.17, 15) is 25.2 Å². The Morgan fingerprint density at radius 2 is 0.853 bits per heavy atom. The smallest absolute Gasteiger partial charge is 0.306 e. The highest BCUT2D eigenvalue weighted by Gasteiger charge is 2.44. The zero-order chi connectivity index (χ0) is 49.2. The molecule has 398 valence electrons. The Morgan fingerprint density at radius 1 is 0.471 bits per heavy atom. The van der Waals surface area contributed by atoms with E-state index < -0.39 is 43.4 Å². The largest absolute Gasteiger partial charge is 0.457 e. The molecule has 6 atom stereocenters. The van der Waals surface area contributed by atoms with Crippen molar-refractivity contribution in [3.8, 4) is 0 Å². The van der Waals surface area contributed by atoms with Crippen molar-refractivity contribution in [2.24, 2.45) is 0 Å². The normalized spacial score (nSPS) is 19.4. The van der Waals surface area contributed by atoms with Crippen LogP contribution >= 0.6 is 0 Å². The molecule has 0 aromatic heterocycles. The molecule has 4 N–H and O–H groups in total. The van der Waals surface area contributed by atoms with Crippen molar-refractivity contribution in [2.45, 2.75) is 295 Å². The van der Waals surface area contributed by atoms with Crippen molar-refractivity contribution in [1.29, 1.82) is 0 Å². The van der Waals surface area contributed by atoms with Crippen molar-refractivity contribution < 1.29 is 44.2 Å². The van der Waals surface area contributed by atoms with Crippen molar-refractivity contribution in [3.63, 3.8) is 0 Å². The van der Waals surface area contributed by atoms with Gasteiger partial charge >= 0.3 is 5.97 Å². The van der Waals surface area contributed by atoms with Crippen molar-refractivity contribution >= 4 is 5.97 Å². The number of allylic oxidation sites excluding steroid dienone is 8. The van der Waals surface area contributed by atoms with Gasteiger partial charge < -0.3 is 39.4 Å². The molecule has 0 amide bonds. The summed E-state index contributed by atoms with van der Waals surface area (Å²) in [5.74, 6) is -0.315. The molecule has 0 bridgehead atoms. The van der Waals surface area contributed by atoms with Gasteiger partial charge in [-0.3, -0.25) is 4.79 Å². The first-order chi connectivity index (χ1) is 33.4. The number of aliphatic hydroxyl groups is 4. The Labute approximate surface area is 418 Å². The first-order valence-electron chi connectivity index (χ1n) is 28.7. The van der Waals surface area contributed by atoms with Crippen LogP contribution in [0.25, 0.3) is 0 Å². The molecule has 1 heterocycles. The fraction of sp³-hybridized carbons (Fsp3) is 0.847. The highest BCUT2D eigenvalue weighted by Crippen LogP contribution is 2.23. The highest BCUT2D eigenvalue weighted by molar-refractivity contribution is 5.69. The Bertz CT molecular complexity index is 1180. The summed E-state index contributed by atoms with van der Waals surface area (Å²) < 4.78 is 23.0. The minimum absolute atomic E-state index is 0.114. The van der Waals surface area contributed by atoms with E-state index in [0.29, 0.717) is 13.0 Å². The number of aliphatic hydroxyl groups excluding tert-OH is 4. The zero-order valence-corrected chi connectivity index (χ0v) is 44.1. The molecule has 0 aromatic rings. The first-order valence-corrected chi connectivity index (χ1v) is 28.7. The van der Waals surface area contributed by atoms with Crippen LogP contribution in [-0.2, 0) is 23.7 Å². The third-order valence-electron chi connectivity index (χ3n) is 13.2. The number of ether oxygens (including phenoxy) is 4. The zero-order valence-electron chi connectivity index (χ0n) is 44.1. The third-order valence-corrected chi connectivity index (χ3v) is 13.2. The molecule has 1 aliphatic rings. The van der Waals surface area contributed by atoms with Crippen LogP contribution in [0.2, 0.25) is 0 Å². The van der Waals surface area contributed by atoms with Crippen LogP contribution in [-0.4, -0.2) is 89.6 Å². The summed E-state index contributed by atoms with van der Waals surface area (Å²) >= 11 is 0. The number of carbonyl (C=O) groups excluding carboxylic acids is 1. The van der Waals surface area contributed by atoms with E-state index in [1.54, 1.807) is 0 Å².